The van der Waals surface area contributed by atoms with Gasteiger partial charge in [-0.2, -0.15) is 0 Å². The Balaban J connectivity index is 1.58. The average Bonchev–Trinajstić information content (AvgIpc) is 3.23. The van der Waals surface area contributed by atoms with Crippen LogP contribution in [-0.2, 0) is 11.2 Å². The van der Waals surface area contributed by atoms with Gasteiger partial charge in [0.25, 0.3) is 0 Å². The van der Waals surface area contributed by atoms with Crippen molar-refractivity contribution in [3.63, 3.8) is 0 Å². The van der Waals surface area contributed by atoms with Crippen LogP contribution >= 0.6 is 0 Å². The Kier molecular flexibility index (Phi) is 3.74. The standard InChI is InChI=1S/C16H23N3O/c1-18(13-6-7-13)10-11-19(2)16(20)14-8-5-12-4-3-9-17-15(12)14/h3-4,9,13-14H,5-8,10-11H2,1-2H3. The van der Waals surface area contributed by atoms with Crippen LogP contribution in [0.25, 0.3) is 0 Å². The zero-order valence-electron chi connectivity index (χ0n) is 12.4. The first kappa shape index (κ1) is 13.6. The van der Waals surface area contributed by atoms with Gasteiger partial charge in [-0.15, -0.1) is 0 Å². The largest absolute Gasteiger partial charge is 0.344 e. The Labute approximate surface area is 120 Å². The van der Waals surface area contributed by atoms with Crippen LogP contribution < -0.4 is 0 Å². The van der Waals surface area contributed by atoms with Crippen molar-refractivity contribution in [2.45, 2.75) is 37.6 Å². The fraction of sp³-hybridized carbons (Fsp3) is 0.625. The summed E-state index contributed by atoms with van der Waals surface area (Å²) < 4.78 is 0. The summed E-state index contributed by atoms with van der Waals surface area (Å²) in [6, 6.07) is 4.81. The van der Waals surface area contributed by atoms with E-state index in [0.717, 1.165) is 37.7 Å². The smallest absolute Gasteiger partial charge is 0.231 e. The number of amides is 1. The van der Waals surface area contributed by atoms with E-state index in [1.807, 2.05) is 18.0 Å². The van der Waals surface area contributed by atoms with Crippen molar-refractivity contribution >= 4 is 5.91 Å². The van der Waals surface area contributed by atoms with Gasteiger partial charge in [0.05, 0.1) is 11.6 Å². The minimum Gasteiger partial charge on any atom is -0.344 e. The molecule has 1 saturated carbocycles. The molecule has 1 aromatic rings. The number of rotatable bonds is 5. The minimum absolute atomic E-state index is 0.0255. The van der Waals surface area contributed by atoms with Crippen molar-refractivity contribution in [1.29, 1.82) is 0 Å². The summed E-state index contributed by atoms with van der Waals surface area (Å²) >= 11 is 0. The molecule has 20 heavy (non-hydrogen) atoms. The van der Waals surface area contributed by atoms with Gasteiger partial charge in [0, 0.05) is 32.4 Å². The second kappa shape index (κ2) is 5.52. The molecule has 2 aliphatic carbocycles. The topological polar surface area (TPSA) is 36.4 Å². The van der Waals surface area contributed by atoms with E-state index in [4.69, 9.17) is 0 Å². The molecule has 0 aliphatic heterocycles. The Bertz CT molecular complexity index is 498. The quantitative estimate of drug-likeness (QED) is 0.819. The molecule has 1 aromatic heterocycles. The van der Waals surface area contributed by atoms with Crippen LogP contribution in [0.15, 0.2) is 18.3 Å². The predicted octanol–water partition coefficient (Wildman–Crippen LogP) is 1.66. The van der Waals surface area contributed by atoms with E-state index in [1.165, 1.54) is 18.4 Å². The van der Waals surface area contributed by atoms with Gasteiger partial charge in [-0.3, -0.25) is 9.78 Å². The highest BCUT2D eigenvalue weighted by atomic mass is 16.2. The number of pyridine rings is 1. The number of nitrogens with zero attached hydrogens (tertiary/aromatic N) is 3. The molecule has 1 fully saturated rings. The van der Waals surface area contributed by atoms with E-state index in [9.17, 15) is 4.79 Å². The van der Waals surface area contributed by atoms with Gasteiger partial charge < -0.3 is 9.80 Å². The number of hydrogen-bond donors (Lipinski definition) is 0. The molecule has 0 bridgehead atoms. The zero-order chi connectivity index (χ0) is 14.1. The number of aromatic nitrogens is 1. The van der Waals surface area contributed by atoms with Gasteiger partial charge in [-0.25, -0.2) is 0 Å². The van der Waals surface area contributed by atoms with E-state index in [0.29, 0.717) is 0 Å². The SMILES string of the molecule is CN(CCN(C)C1CC1)C(=O)C1CCc2cccnc21. The van der Waals surface area contributed by atoms with Crippen LogP contribution in [0, 0.1) is 0 Å². The maximum absolute atomic E-state index is 12.6. The Morgan fingerprint density at radius 2 is 2.10 bits per heavy atom. The molecule has 1 unspecified atom stereocenters. The molecular formula is C16H23N3O. The summed E-state index contributed by atoms with van der Waals surface area (Å²) in [6.45, 7) is 1.78. The summed E-state index contributed by atoms with van der Waals surface area (Å²) in [6.07, 6.45) is 6.32. The minimum atomic E-state index is -0.0255. The van der Waals surface area contributed by atoms with E-state index in [2.05, 4.69) is 23.0 Å². The van der Waals surface area contributed by atoms with E-state index < -0.39 is 0 Å². The lowest BCUT2D eigenvalue weighted by Gasteiger charge is -2.24. The molecule has 0 radical (unpaired) electrons. The molecule has 0 spiro atoms. The molecule has 3 rings (SSSR count). The molecular weight excluding hydrogens is 250 g/mol. The van der Waals surface area contributed by atoms with Gasteiger partial charge in [-0.05, 0) is 44.4 Å². The second-order valence-corrected chi connectivity index (χ2v) is 6.11. The summed E-state index contributed by atoms with van der Waals surface area (Å²) in [5.41, 5.74) is 2.24. The first-order valence-corrected chi connectivity index (χ1v) is 7.56. The highest BCUT2D eigenvalue weighted by molar-refractivity contribution is 5.84. The Hall–Kier alpha value is -1.42. The third-order valence-electron chi connectivity index (χ3n) is 4.59. The lowest BCUT2D eigenvalue weighted by Crippen LogP contribution is -2.37. The van der Waals surface area contributed by atoms with Gasteiger partial charge in [0.15, 0.2) is 0 Å². The number of carbonyl (C=O) groups excluding carboxylic acids is 1. The third-order valence-corrected chi connectivity index (χ3v) is 4.59. The monoisotopic (exact) mass is 273 g/mol. The summed E-state index contributed by atoms with van der Waals surface area (Å²) in [7, 11) is 4.08. The van der Waals surface area contributed by atoms with E-state index >= 15 is 0 Å². The summed E-state index contributed by atoms with van der Waals surface area (Å²) in [5, 5.41) is 0. The maximum Gasteiger partial charge on any atom is 0.231 e. The number of likely N-dealkylation sites (N-methyl/N-ethyl adjacent to an activating group) is 2. The molecule has 2 aliphatic rings. The lowest BCUT2D eigenvalue weighted by molar-refractivity contribution is -0.131. The number of fused-ring (bicyclic) bond motifs is 1. The van der Waals surface area contributed by atoms with Gasteiger partial charge in [0.1, 0.15) is 0 Å². The molecule has 108 valence electrons. The van der Waals surface area contributed by atoms with Crippen LogP contribution in [0.2, 0.25) is 0 Å². The molecule has 1 atom stereocenters. The lowest BCUT2D eigenvalue weighted by atomic mass is 10.1. The van der Waals surface area contributed by atoms with Crippen molar-refractivity contribution in [1.82, 2.24) is 14.8 Å². The highest BCUT2D eigenvalue weighted by Gasteiger charge is 2.32. The van der Waals surface area contributed by atoms with Crippen molar-refractivity contribution in [2.75, 3.05) is 27.2 Å². The van der Waals surface area contributed by atoms with Gasteiger partial charge in [0.2, 0.25) is 5.91 Å². The van der Waals surface area contributed by atoms with Crippen LogP contribution in [0.5, 0.6) is 0 Å². The van der Waals surface area contributed by atoms with E-state index in [1.54, 1.807) is 6.20 Å². The fourth-order valence-corrected chi connectivity index (χ4v) is 3.03. The molecule has 0 N–H and O–H groups in total. The Morgan fingerprint density at radius 1 is 1.30 bits per heavy atom. The molecule has 4 heteroatoms. The van der Waals surface area contributed by atoms with Crippen LogP contribution in [0.1, 0.15) is 36.4 Å². The molecule has 0 aromatic carbocycles. The average molecular weight is 273 g/mol. The summed E-state index contributed by atoms with van der Waals surface area (Å²) in [4.78, 5) is 21.2. The van der Waals surface area contributed by atoms with Crippen molar-refractivity contribution in [3.8, 4) is 0 Å². The molecule has 1 amide bonds. The van der Waals surface area contributed by atoms with Gasteiger partial charge >= 0.3 is 0 Å². The third kappa shape index (κ3) is 2.70. The van der Waals surface area contributed by atoms with Crippen LogP contribution in [0.3, 0.4) is 0 Å². The first-order chi connectivity index (χ1) is 9.66. The number of aryl methyl sites for hydroxylation is 1. The Morgan fingerprint density at radius 3 is 2.85 bits per heavy atom. The summed E-state index contributed by atoms with van der Waals surface area (Å²) in [5.74, 6) is 0.203. The van der Waals surface area contributed by atoms with Crippen molar-refractivity contribution in [3.05, 3.63) is 29.6 Å². The molecule has 0 saturated heterocycles. The maximum atomic E-state index is 12.6. The van der Waals surface area contributed by atoms with Crippen molar-refractivity contribution in [2.24, 2.45) is 0 Å². The highest BCUT2D eigenvalue weighted by Crippen LogP contribution is 2.32. The number of hydrogen-bond acceptors (Lipinski definition) is 3. The van der Waals surface area contributed by atoms with Gasteiger partial charge in [-0.1, -0.05) is 6.07 Å². The van der Waals surface area contributed by atoms with Crippen LogP contribution in [0.4, 0.5) is 0 Å². The second-order valence-electron chi connectivity index (χ2n) is 6.11. The zero-order valence-corrected chi connectivity index (χ0v) is 12.4. The van der Waals surface area contributed by atoms with Crippen molar-refractivity contribution < 1.29 is 4.79 Å². The first-order valence-electron chi connectivity index (χ1n) is 7.56. The number of carbonyl (C=O) groups is 1. The van der Waals surface area contributed by atoms with E-state index in [-0.39, 0.29) is 11.8 Å². The predicted molar refractivity (Wildman–Crippen MR) is 78.6 cm³/mol. The molecule has 1 heterocycles. The fourth-order valence-electron chi connectivity index (χ4n) is 3.03. The normalized spacial score (nSPS) is 21.1. The van der Waals surface area contributed by atoms with Crippen LogP contribution in [-0.4, -0.2) is 53.9 Å². The molecule has 4 nitrogen and oxygen atoms in total.